The van der Waals surface area contributed by atoms with Crippen molar-refractivity contribution in [2.75, 3.05) is 13.2 Å². The van der Waals surface area contributed by atoms with Crippen molar-refractivity contribution in [2.45, 2.75) is 0 Å². The first kappa shape index (κ1) is 5.79. The summed E-state index contributed by atoms with van der Waals surface area (Å²) in [6.45, 7) is 0.776. The third kappa shape index (κ3) is 0.904. The Labute approximate surface area is 52.1 Å². The molecule has 0 N–H and O–H groups in total. The molecule has 0 aromatic heterocycles. The van der Waals surface area contributed by atoms with E-state index < -0.39 is 0 Å². The Morgan fingerprint density at radius 1 is 1.62 bits per heavy atom. The molecule has 0 saturated carbocycles. The minimum atomic E-state index is 0.377. The van der Waals surface area contributed by atoms with E-state index in [1.165, 1.54) is 0 Å². The summed E-state index contributed by atoms with van der Waals surface area (Å²) in [6.07, 6.45) is 0.731. The van der Waals surface area contributed by atoms with Crippen molar-refractivity contribution < 1.29 is 9.53 Å². The van der Waals surface area contributed by atoms with E-state index in [2.05, 4.69) is 0 Å². The summed E-state index contributed by atoms with van der Waals surface area (Å²) in [6, 6.07) is 0. The quantitative estimate of drug-likeness (QED) is 0.491. The van der Waals surface area contributed by atoms with Gasteiger partial charge in [-0.15, -0.1) is 0 Å². The maximum Gasteiger partial charge on any atom is 0.149 e. The van der Waals surface area contributed by atoms with Gasteiger partial charge in [-0.3, -0.25) is 4.79 Å². The van der Waals surface area contributed by atoms with Crippen molar-refractivity contribution in [1.82, 2.24) is 0 Å². The number of aldehydes is 1. The number of hydrogen-bond acceptors (Lipinski definition) is 2. The molecule has 0 atom stereocenters. The van der Waals surface area contributed by atoms with E-state index in [-0.39, 0.29) is 0 Å². The molecule has 0 aromatic rings. The van der Waals surface area contributed by atoms with Gasteiger partial charge in [0.2, 0.25) is 0 Å². The van der Waals surface area contributed by atoms with Gasteiger partial charge in [0.25, 0.3) is 0 Å². The smallest absolute Gasteiger partial charge is 0.149 e. The molecule has 0 spiro atoms. The van der Waals surface area contributed by atoms with Crippen LogP contribution in [0.1, 0.15) is 0 Å². The van der Waals surface area contributed by atoms with E-state index in [4.69, 9.17) is 16.3 Å². The summed E-state index contributed by atoms with van der Waals surface area (Å²) in [5.41, 5.74) is 0.576. The van der Waals surface area contributed by atoms with E-state index in [1.807, 2.05) is 0 Å². The minimum absolute atomic E-state index is 0.377. The SMILES string of the molecule is O=CC1=C(Cl)COC1. The van der Waals surface area contributed by atoms with Crippen LogP contribution < -0.4 is 0 Å². The largest absolute Gasteiger partial charge is 0.371 e. The van der Waals surface area contributed by atoms with Crippen LogP contribution in [0, 0.1) is 0 Å². The van der Waals surface area contributed by atoms with E-state index in [0.717, 1.165) is 6.29 Å². The monoisotopic (exact) mass is 132 g/mol. The van der Waals surface area contributed by atoms with Gasteiger partial charge in [-0.05, 0) is 0 Å². The molecule has 1 heterocycles. The average Bonchev–Trinajstić information content (AvgIpc) is 2.14. The van der Waals surface area contributed by atoms with Crippen molar-refractivity contribution in [2.24, 2.45) is 0 Å². The van der Waals surface area contributed by atoms with Crippen LogP contribution in [0.4, 0.5) is 0 Å². The predicted molar refractivity (Wildman–Crippen MR) is 29.8 cm³/mol. The molecule has 1 rings (SSSR count). The normalized spacial score (nSPS) is 19.6. The number of carbonyl (C=O) groups is 1. The molecular weight excluding hydrogens is 128 g/mol. The highest BCUT2D eigenvalue weighted by atomic mass is 35.5. The maximum absolute atomic E-state index is 10.00. The Kier molecular flexibility index (Phi) is 1.65. The number of hydrogen-bond donors (Lipinski definition) is 0. The molecule has 0 amide bonds. The Balaban J connectivity index is 2.72. The zero-order valence-electron chi connectivity index (χ0n) is 4.19. The molecule has 0 saturated heterocycles. The lowest BCUT2D eigenvalue weighted by atomic mass is 10.3. The third-order valence-corrected chi connectivity index (χ3v) is 1.33. The molecule has 8 heavy (non-hydrogen) atoms. The highest BCUT2D eigenvalue weighted by Gasteiger charge is 2.10. The van der Waals surface area contributed by atoms with Crippen LogP contribution in [-0.2, 0) is 9.53 Å². The summed E-state index contributed by atoms with van der Waals surface area (Å²) in [5, 5.41) is 0.542. The highest BCUT2D eigenvalue weighted by molar-refractivity contribution is 6.31. The van der Waals surface area contributed by atoms with Gasteiger partial charge in [-0.2, -0.15) is 0 Å². The van der Waals surface area contributed by atoms with Gasteiger partial charge >= 0.3 is 0 Å². The van der Waals surface area contributed by atoms with Crippen molar-refractivity contribution in [3.63, 3.8) is 0 Å². The fourth-order valence-electron chi connectivity index (χ4n) is 0.520. The van der Waals surface area contributed by atoms with Crippen LogP contribution in [0.5, 0.6) is 0 Å². The Morgan fingerprint density at radius 3 is 2.62 bits per heavy atom. The lowest BCUT2D eigenvalue weighted by Crippen LogP contribution is -1.86. The van der Waals surface area contributed by atoms with Crippen molar-refractivity contribution in [1.29, 1.82) is 0 Å². The summed E-state index contributed by atoms with van der Waals surface area (Å²) < 4.78 is 4.82. The first-order chi connectivity index (χ1) is 3.84. The summed E-state index contributed by atoms with van der Waals surface area (Å²) in [5.74, 6) is 0. The van der Waals surface area contributed by atoms with Gasteiger partial charge in [0, 0.05) is 5.57 Å². The average molecular weight is 133 g/mol. The van der Waals surface area contributed by atoms with Gasteiger partial charge < -0.3 is 4.74 Å². The van der Waals surface area contributed by atoms with Crippen molar-refractivity contribution in [3.8, 4) is 0 Å². The second-order valence-corrected chi connectivity index (χ2v) is 2.00. The molecule has 0 bridgehead atoms. The minimum Gasteiger partial charge on any atom is -0.371 e. The molecule has 2 nitrogen and oxygen atoms in total. The third-order valence-electron chi connectivity index (χ3n) is 0.977. The predicted octanol–water partition coefficient (Wildman–Crippen LogP) is 0.708. The van der Waals surface area contributed by atoms with Gasteiger partial charge in [0.05, 0.1) is 18.2 Å². The van der Waals surface area contributed by atoms with E-state index in [9.17, 15) is 4.79 Å². The Hall–Kier alpha value is -0.340. The van der Waals surface area contributed by atoms with Crippen molar-refractivity contribution in [3.05, 3.63) is 10.6 Å². The first-order valence-electron chi connectivity index (χ1n) is 2.25. The van der Waals surface area contributed by atoms with Gasteiger partial charge in [-0.25, -0.2) is 0 Å². The highest BCUT2D eigenvalue weighted by Crippen LogP contribution is 2.14. The van der Waals surface area contributed by atoms with E-state index in [1.54, 1.807) is 0 Å². The van der Waals surface area contributed by atoms with Crippen LogP contribution in [0.2, 0.25) is 0 Å². The van der Waals surface area contributed by atoms with Crippen LogP contribution in [0.3, 0.4) is 0 Å². The lowest BCUT2D eigenvalue weighted by molar-refractivity contribution is -0.105. The van der Waals surface area contributed by atoms with Gasteiger partial charge in [-0.1, -0.05) is 11.6 Å². The maximum atomic E-state index is 10.00. The molecule has 1 aliphatic rings. The van der Waals surface area contributed by atoms with Crippen LogP contribution in [-0.4, -0.2) is 19.5 Å². The second kappa shape index (κ2) is 2.29. The molecule has 0 radical (unpaired) electrons. The summed E-state index contributed by atoms with van der Waals surface area (Å²) >= 11 is 5.50. The zero-order valence-corrected chi connectivity index (χ0v) is 4.94. The molecule has 1 aliphatic heterocycles. The Bertz CT molecular complexity index is 139. The number of halogens is 1. The molecule has 0 aromatic carbocycles. The first-order valence-corrected chi connectivity index (χ1v) is 2.63. The molecule has 3 heteroatoms. The van der Waals surface area contributed by atoms with Crippen LogP contribution in [0.25, 0.3) is 0 Å². The van der Waals surface area contributed by atoms with Crippen LogP contribution in [0.15, 0.2) is 10.6 Å². The summed E-state index contributed by atoms with van der Waals surface area (Å²) in [7, 11) is 0. The number of ether oxygens (including phenoxy) is 1. The summed E-state index contributed by atoms with van der Waals surface area (Å²) in [4.78, 5) is 10.00. The second-order valence-electron chi connectivity index (χ2n) is 1.54. The molecule has 44 valence electrons. The number of carbonyl (C=O) groups excluding carboxylic acids is 1. The molecule has 0 unspecified atom stereocenters. The van der Waals surface area contributed by atoms with E-state index >= 15 is 0 Å². The fraction of sp³-hybridized carbons (Fsp3) is 0.400. The lowest BCUT2D eigenvalue weighted by Gasteiger charge is -1.82. The van der Waals surface area contributed by atoms with Gasteiger partial charge in [0.15, 0.2) is 0 Å². The van der Waals surface area contributed by atoms with Crippen LogP contribution >= 0.6 is 11.6 Å². The van der Waals surface area contributed by atoms with Crippen molar-refractivity contribution >= 4 is 17.9 Å². The standard InChI is InChI=1S/C5H5ClO2/c6-5-3-8-2-4(5)1-7/h1H,2-3H2. The zero-order chi connectivity index (χ0) is 5.98. The number of rotatable bonds is 1. The van der Waals surface area contributed by atoms with Gasteiger partial charge in [0.1, 0.15) is 6.29 Å². The Morgan fingerprint density at radius 2 is 2.38 bits per heavy atom. The molecular formula is C5H5ClO2. The fourth-order valence-corrected chi connectivity index (χ4v) is 0.696. The molecule has 0 fully saturated rings. The van der Waals surface area contributed by atoms with E-state index in [0.29, 0.717) is 23.8 Å². The molecule has 0 aliphatic carbocycles. The topological polar surface area (TPSA) is 26.3 Å².